The number of esters is 3. The molecule has 1 unspecified atom stereocenters. The summed E-state index contributed by atoms with van der Waals surface area (Å²) < 4.78 is 16.9. The number of allylic oxidation sites excluding steroid dienone is 18. The van der Waals surface area contributed by atoms with Crippen molar-refractivity contribution >= 4 is 17.9 Å². The standard InChI is InChI=1S/C70H118O6/c1-4-7-10-13-16-19-22-25-28-29-30-31-32-33-34-35-36-37-38-39-40-41-43-45-48-51-54-57-60-63-69(72)75-66-67(65-74-68(71)62-59-56-53-50-47-44-27-24-21-18-15-12-9-6-3)76-70(73)64-61-58-55-52-49-46-42-26-23-20-17-14-11-8-5-2/h7,10,15-16,18-19,24-25,27-28,30-31,33-34,36-37,39-40,67H,4-6,8-9,11-14,17,20-23,26,29,32,35,38,41-66H2,1-3H3/b10-7-,18-15-,19-16-,27-24-,28-25-,31-30-,34-33-,37-36-,40-39-. The summed E-state index contributed by atoms with van der Waals surface area (Å²) in [5.74, 6) is -0.902. The lowest BCUT2D eigenvalue weighted by molar-refractivity contribution is -0.167. The van der Waals surface area contributed by atoms with Gasteiger partial charge in [-0.15, -0.1) is 0 Å². The number of rotatable bonds is 57. The zero-order valence-corrected chi connectivity index (χ0v) is 49.7. The normalized spacial score (nSPS) is 12.8. The van der Waals surface area contributed by atoms with Gasteiger partial charge in [0.2, 0.25) is 0 Å². The van der Waals surface area contributed by atoms with Crippen molar-refractivity contribution in [2.75, 3.05) is 13.2 Å². The monoisotopic (exact) mass is 1050 g/mol. The summed E-state index contributed by atoms with van der Waals surface area (Å²) in [6.45, 7) is 6.48. The first-order valence-corrected chi connectivity index (χ1v) is 31.9. The zero-order valence-electron chi connectivity index (χ0n) is 49.7. The van der Waals surface area contributed by atoms with Crippen LogP contribution < -0.4 is 0 Å². The molecular formula is C70H118O6. The average Bonchev–Trinajstić information content (AvgIpc) is 3.42. The number of hydrogen-bond acceptors (Lipinski definition) is 6. The number of hydrogen-bond donors (Lipinski definition) is 0. The Kier molecular flexibility index (Phi) is 60.3. The number of carbonyl (C=O) groups excluding carboxylic acids is 3. The lowest BCUT2D eigenvalue weighted by atomic mass is 10.0. The fourth-order valence-electron chi connectivity index (χ4n) is 8.73. The van der Waals surface area contributed by atoms with Crippen molar-refractivity contribution in [1.29, 1.82) is 0 Å². The highest BCUT2D eigenvalue weighted by Crippen LogP contribution is 2.16. The van der Waals surface area contributed by atoms with Gasteiger partial charge in [-0.2, -0.15) is 0 Å². The highest BCUT2D eigenvalue weighted by molar-refractivity contribution is 5.71. The second kappa shape index (κ2) is 63.6. The van der Waals surface area contributed by atoms with E-state index in [1.54, 1.807) is 0 Å². The fourth-order valence-corrected chi connectivity index (χ4v) is 8.73. The van der Waals surface area contributed by atoms with Crippen LogP contribution in [0.1, 0.15) is 297 Å². The molecule has 0 heterocycles. The van der Waals surface area contributed by atoms with E-state index < -0.39 is 6.10 Å². The molecule has 0 bridgehead atoms. The van der Waals surface area contributed by atoms with Gasteiger partial charge in [0, 0.05) is 19.3 Å². The minimum absolute atomic E-state index is 0.0872. The van der Waals surface area contributed by atoms with Crippen LogP contribution in [-0.2, 0) is 28.6 Å². The summed E-state index contributed by atoms with van der Waals surface area (Å²) in [6, 6.07) is 0. The van der Waals surface area contributed by atoms with Crippen LogP contribution in [-0.4, -0.2) is 37.2 Å². The fraction of sp³-hybridized carbons (Fsp3) is 0.700. The van der Waals surface area contributed by atoms with E-state index >= 15 is 0 Å². The van der Waals surface area contributed by atoms with Gasteiger partial charge in [-0.3, -0.25) is 14.4 Å². The molecule has 0 aliphatic rings. The SMILES string of the molecule is CC/C=C\C/C=C\C/C=C\C/C=C\C/C=C\C/C=C\C/C=C\CCCCCCCCCC(=O)OCC(COC(=O)CCCCCCC/C=C\C/C=C\CCCC)OC(=O)CCCCCCCCCCCCCCCCC. The molecular weight excluding hydrogens is 937 g/mol. The molecule has 0 aliphatic heterocycles. The zero-order chi connectivity index (χ0) is 55.0. The molecule has 0 aliphatic carbocycles. The third-order valence-corrected chi connectivity index (χ3v) is 13.5. The molecule has 0 radical (unpaired) electrons. The van der Waals surface area contributed by atoms with E-state index in [4.69, 9.17) is 14.2 Å². The van der Waals surface area contributed by atoms with Gasteiger partial charge in [-0.05, 0) is 103 Å². The Labute approximate surface area is 470 Å². The molecule has 0 spiro atoms. The van der Waals surface area contributed by atoms with Crippen LogP contribution in [0.4, 0.5) is 0 Å². The average molecular weight is 1060 g/mol. The van der Waals surface area contributed by atoms with Crippen molar-refractivity contribution in [3.8, 4) is 0 Å². The Hall–Kier alpha value is -3.93. The second-order valence-corrected chi connectivity index (χ2v) is 20.9. The van der Waals surface area contributed by atoms with Crippen LogP contribution >= 0.6 is 0 Å². The van der Waals surface area contributed by atoms with E-state index in [1.165, 1.54) is 122 Å². The number of unbranched alkanes of at least 4 members (excludes halogenated alkanes) is 28. The van der Waals surface area contributed by atoms with Crippen molar-refractivity contribution in [3.05, 3.63) is 109 Å². The van der Waals surface area contributed by atoms with Gasteiger partial charge in [-0.25, -0.2) is 0 Å². The van der Waals surface area contributed by atoms with Crippen LogP contribution in [0.5, 0.6) is 0 Å². The maximum Gasteiger partial charge on any atom is 0.306 e. The van der Waals surface area contributed by atoms with E-state index in [1.807, 2.05) is 0 Å². The van der Waals surface area contributed by atoms with E-state index in [9.17, 15) is 14.4 Å². The van der Waals surface area contributed by atoms with Crippen molar-refractivity contribution in [3.63, 3.8) is 0 Å². The molecule has 0 fully saturated rings. The van der Waals surface area contributed by atoms with E-state index in [0.717, 1.165) is 135 Å². The lowest BCUT2D eigenvalue weighted by Gasteiger charge is -2.18. The van der Waals surface area contributed by atoms with Crippen molar-refractivity contribution < 1.29 is 28.6 Å². The van der Waals surface area contributed by atoms with Crippen molar-refractivity contribution in [2.45, 2.75) is 303 Å². The molecule has 0 aromatic carbocycles. The summed E-state index contributed by atoms with van der Waals surface area (Å²) in [7, 11) is 0. The van der Waals surface area contributed by atoms with Gasteiger partial charge in [0.15, 0.2) is 6.10 Å². The highest BCUT2D eigenvalue weighted by atomic mass is 16.6. The van der Waals surface area contributed by atoms with Gasteiger partial charge in [0.25, 0.3) is 0 Å². The quantitative estimate of drug-likeness (QED) is 0.0261. The summed E-state index contributed by atoms with van der Waals surface area (Å²) in [5.41, 5.74) is 0. The topological polar surface area (TPSA) is 78.9 Å². The van der Waals surface area contributed by atoms with Crippen molar-refractivity contribution in [2.24, 2.45) is 0 Å². The third-order valence-electron chi connectivity index (χ3n) is 13.5. The van der Waals surface area contributed by atoms with Gasteiger partial charge in [0.05, 0.1) is 0 Å². The molecule has 0 saturated carbocycles. The van der Waals surface area contributed by atoms with Gasteiger partial charge < -0.3 is 14.2 Å². The Morgan fingerprint density at radius 3 is 0.842 bits per heavy atom. The maximum atomic E-state index is 12.9. The second-order valence-electron chi connectivity index (χ2n) is 20.9. The molecule has 1 atom stereocenters. The smallest absolute Gasteiger partial charge is 0.306 e. The molecule has 0 N–H and O–H groups in total. The molecule has 0 aromatic heterocycles. The minimum Gasteiger partial charge on any atom is -0.462 e. The van der Waals surface area contributed by atoms with Crippen LogP contribution in [0.2, 0.25) is 0 Å². The summed E-state index contributed by atoms with van der Waals surface area (Å²) in [6.07, 6.45) is 86.6. The number of carbonyl (C=O) groups is 3. The van der Waals surface area contributed by atoms with Gasteiger partial charge in [0.1, 0.15) is 13.2 Å². The van der Waals surface area contributed by atoms with Crippen LogP contribution in [0, 0.1) is 0 Å². The molecule has 0 amide bonds. The van der Waals surface area contributed by atoms with Crippen LogP contribution in [0.15, 0.2) is 109 Å². The Morgan fingerprint density at radius 2 is 0.526 bits per heavy atom. The van der Waals surface area contributed by atoms with Crippen LogP contribution in [0.3, 0.4) is 0 Å². The Bertz CT molecular complexity index is 1540. The maximum absolute atomic E-state index is 12.9. The lowest BCUT2D eigenvalue weighted by Crippen LogP contribution is -2.30. The van der Waals surface area contributed by atoms with Crippen LogP contribution in [0.25, 0.3) is 0 Å². The molecule has 0 rings (SSSR count). The molecule has 6 heteroatoms. The number of ether oxygens (including phenoxy) is 3. The molecule has 6 nitrogen and oxygen atoms in total. The summed E-state index contributed by atoms with van der Waals surface area (Å²) in [4.78, 5) is 38.3. The molecule has 434 valence electrons. The first-order valence-electron chi connectivity index (χ1n) is 31.9. The first kappa shape index (κ1) is 72.1. The molecule has 0 saturated heterocycles. The van der Waals surface area contributed by atoms with E-state index in [0.29, 0.717) is 19.3 Å². The summed E-state index contributed by atoms with van der Waals surface area (Å²) in [5, 5.41) is 0. The minimum atomic E-state index is -0.789. The van der Waals surface area contributed by atoms with E-state index in [-0.39, 0.29) is 31.1 Å². The predicted molar refractivity (Wildman–Crippen MR) is 330 cm³/mol. The third kappa shape index (κ3) is 60.9. The van der Waals surface area contributed by atoms with Gasteiger partial charge >= 0.3 is 17.9 Å². The Balaban J connectivity index is 4.33. The van der Waals surface area contributed by atoms with Crippen molar-refractivity contribution in [1.82, 2.24) is 0 Å². The summed E-state index contributed by atoms with van der Waals surface area (Å²) >= 11 is 0. The predicted octanol–water partition coefficient (Wildman–Crippen LogP) is 21.8. The Morgan fingerprint density at radius 1 is 0.276 bits per heavy atom. The largest absolute Gasteiger partial charge is 0.462 e. The van der Waals surface area contributed by atoms with Gasteiger partial charge in [-0.1, -0.05) is 284 Å². The highest BCUT2D eigenvalue weighted by Gasteiger charge is 2.19. The first-order chi connectivity index (χ1) is 37.5. The molecule has 76 heavy (non-hydrogen) atoms. The van der Waals surface area contributed by atoms with E-state index in [2.05, 4.69) is 130 Å². The molecule has 0 aromatic rings.